The molecule has 0 aliphatic heterocycles. The molecule has 2 saturated carbocycles. The van der Waals surface area contributed by atoms with Crippen LogP contribution in [0.15, 0.2) is 100 Å². The van der Waals surface area contributed by atoms with Gasteiger partial charge in [0.2, 0.25) is 0 Å². The molecule has 2 spiro atoms. The van der Waals surface area contributed by atoms with Gasteiger partial charge in [0.05, 0.1) is 30.0 Å². The highest BCUT2D eigenvalue weighted by Gasteiger charge is 2.56. The van der Waals surface area contributed by atoms with Crippen LogP contribution in [0.3, 0.4) is 0 Å². The molecule has 2 fully saturated rings. The third kappa shape index (κ3) is 4.55. The second kappa shape index (κ2) is 12.7. The Bertz CT molecular complexity index is 2860. The van der Waals surface area contributed by atoms with Crippen LogP contribution >= 0.6 is 22.7 Å². The van der Waals surface area contributed by atoms with Crippen LogP contribution in [-0.2, 0) is 5.41 Å². The summed E-state index contributed by atoms with van der Waals surface area (Å²) in [5, 5.41) is 20.0. The first-order valence-electron chi connectivity index (χ1n) is 19.2. The molecule has 0 amide bonds. The molecule has 2 aromatic heterocycles. The van der Waals surface area contributed by atoms with Gasteiger partial charge in [-0.1, -0.05) is 93.1 Å². The van der Waals surface area contributed by atoms with E-state index in [0.717, 1.165) is 68.2 Å². The number of nitriles is 2. The quantitative estimate of drug-likeness (QED) is 0.116. The summed E-state index contributed by atoms with van der Waals surface area (Å²) in [4.78, 5) is 37.3. The topological polar surface area (TPSA) is 90.4 Å². The van der Waals surface area contributed by atoms with E-state index >= 15 is 0 Å². The van der Waals surface area contributed by atoms with E-state index in [1.165, 1.54) is 37.4 Å². The van der Waals surface area contributed by atoms with Gasteiger partial charge in [-0.25, -0.2) is 20.2 Å². The number of carbonyl (C=O) groups is 2. The zero-order valence-electron chi connectivity index (χ0n) is 30.4. The van der Waals surface area contributed by atoms with Gasteiger partial charge in [0.25, 0.3) is 11.4 Å². The van der Waals surface area contributed by atoms with Gasteiger partial charge in [-0.2, -0.15) is 0 Å². The first kappa shape index (κ1) is 34.3. The summed E-state index contributed by atoms with van der Waals surface area (Å²) < 4.78 is 2.44. The molecule has 0 atom stereocenters. The van der Waals surface area contributed by atoms with Crippen molar-refractivity contribution in [1.29, 1.82) is 10.5 Å². The largest absolute Gasteiger partial charge is 0.289 e. The van der Waals surface area contributed by atoms with Crippen molar-refractivity contribution in [2.24, 2.45) is 5.41 Å². The molecule has 2 aromatic carbocycles. The molecule has 0 bridgehead atoms. The van der Waals surface area contributed by atoms with E-state index < -0.39 is 0 Å². The number of hydrogen-bond donors (Lipinski definition) is 0. The second-order valence-electron chi connectivity index (χ2n) is 15.6. The number of Topliss-reactive ketones (excluding diaryl/α,β-unsaturated/α-hetero) is 2. The number of ketones is 2. The lowest BCUT2D eigenvalue weighted by atomic mass is 9.66. The molecular weight excluding hydrogens is 729 g/mol. The molecule has 268 valence electrons. The lowest BCUT2D eigenvalue weighted by Gasteiger charge is -2.38. The molecular formula is C48H32N4O2S2. The number of fused-ring (bicyclic) bond motifs is 9. The second-order valence-corrected chi connectivity index (χ2v) is 17.7. The van der Waals surface area contributed by atoms with Crippen LogP contribution in [-0.4, -0.2) is 11.6 Å². The van der Waals surface area contributed by atoms with Gasteiger partial charge in [0, 0.05) is 58.7 Å². The molecule has 56 heavy (non-hydrogen) atoms. The van der Waals surface area contributed by atoms with Crippen LogP contribution in [0, 0.1) is 41.2 Å². The molecule has 6 nitrogen and oxygen atoms in total. The Kier molecular flexibility index (Phi) is 7.78. The summed E-state index contributed by atoms with van der Waals surface area (Å²) in [5.41, 5.74) is 8.90. The third-order valence-electron chi connectivity index (χ3n) is 13.0. The number of thiophene rings is 2. The van der Waals surface area contributed by atoms with Crippen molar-refractivity contribution in [2.75, 3.05) is 0 Å². The number of hydrogen-bond acceptors (Lipinski definition) is 6. The van der Waals surface area contributed by atoms with Gasteiger partial charge in [0.15, 0.2) is 11.6 Å². The van der Waals surface area contributed by atoms with Crippen molar-refractivity contribution in [2.45, 2.75) is 69.6 Å². The van der Waals surface area contributed by atoms with Crippen LogP contribution in [0.5, 0.6) is 0 Å². The highest BCUT2D eigenvalue weighted by Crippen LogP contribution is 2.70. The molecule has 0 N–H and O–H groups in total. The standard InChI is InChI=1S/C48H32N4O2S2/c1-51-36(25-49)39-29-13-5-7-15-31(29)43(53)33(39)21-27-22-35-41(47(27)17-9-3-10-18-47)46-42(48(35)19-11-4-12-20-48)45-38(56-46)24-28(55-45)23-34-40(37(26-50)52-2)30-14-6-8-16-32(30)44(34)54/h5-8,13-16,21-24H,3-4,9-12,17-20H2/b33-21-,34-23-,39-36+,40-37?. The van der Waals surface area contributed by atoms with E-state index in [2.05, 4.69) is 34.0 Å². The van der Waals surface area contributed by atoms with E-state index in [-0.39, 0.29) is 33.8 Å². The number of benzene rings is 2. The Labute approximate surface area is 333 Å². The molecule has 6 aliphatic carbocycles. The summed E-state index contributed by atoms with van der Waals surface area (Å²) in [6.07, 6.45) is 17.2. The van der Waals surface area contributed by atoms with Crippen molar-refractivity contribution >= 4 is 66.4 Å². The summed E-state index contributed by atoms with van der Waals surface area (Å²) >= 11 is 3.55. The Balaban J connectivity index is 1.14. The minimum Gasteiger partial charge on any atom is -0.289 e. The van der Waals surface area contributed by atoms with Gasteiger partial charge < -0.3 is 0 Å². The van der Waals surface area contributed by atoms with Gasteiger partial charge in [-0.3, -0.25) is 9.59 Å². The molecule has 6 aliphatic rings. The van der Waals surface area contributed by atoms with Crippen molar-refractivity contribution in [3.8, 4) is 12.1 Å². The van der Waals surface area contributed by atoms with E-state index in [1.54, 1.807) is 23.5 Å². The van der Waals surface area contributed by atoms with Crippen LogP contribution in [0.4, 0.5) is 0 Å². The third-order valence-corrected chi connectivity index (χ3v) is 15.4. The fraction of sp³-hybridized carbons (Fsp3) is 0.250. The van der Waals surface area contributed by atoms with E-state index in [1.807, 2.05) is 59.9 Å². The molecule has 8 heteroatoms. The van der Waals surface area contributed by atoms with E-state index in [4.69, 9.17) is 13.1 Å². The maximum absolute atomic E-state index is 14.1. The van der Waals surface area contributed by atoms with E-state index in [0.29, 0.717) is 44.5 Å². The Morgan fingerprint density at radius 2 is 1.21 bits per heavy atom. The molecule has 2 heterocycles. The highest BCUT2D eigenvalue weighted by molar-refractivity contribution is 7.29. The SMILES string of the molecule is [C-]#[N+]C(C#N)=C1/C(=C/c2cc3sc4c(c3s2)C2(CCCCC2)C2=C4C3(CCCCC3)C(/C=C3\C(=O)c4ccccc4\C3=C(\C#N)[N+]#[C-])=C2)C(=O)c2ccccc21. The molecule has 10 rings (SSSR count). The van der Waals surface area contributed by atoms with Gasteiger partial charge >= 0.3 is 0 Å². The number of rotatable bonds is 2. The predicted octanol–water partition coefficient (Wildman–Crippen LogP) is 12.2. The maximum atomic E-state index is 14.1. The monoisotopic (exact) mass is 760 g/mol. The predicted molar refractivity (Wildman–Crippen MR) is 221 cm³/mol. The first-order valence-corrected chi connectivity index (χ1v) is 20.8. The Morgan fingerprint density at radius 3 is 1.75 bits per heavy atom. The van der Waals surface area contributed by atoms with Crippen LogP contribution < -0.4 is 0 Å². The van der Waals surface area contributed by atoms with E-state index in [9.17, 15) is 20.1 Å². The fourth-order valence-electron chi connectivity index (χ4n) is 10.7. The molecule has 0 saturated heterocycles. The smallest absolute Gasteiger partial charge is 0.270 e. The average Bonchev–Trinajstić information content (AvgIpc) is 4.03. The summed E-state index contributed by atoms with van der Waals surface area (Å²) in [6, 6.07) is 20.9. The summed E-state index contributed by atoms with van der Waals surface area (Å²) in [6.45, 7) is 15.6. The van der Waals surface area contributed by atoms with Crippen molar-refractivity contribution in [1.82, 2.24) is 0 Å². The normalized spacial score (nSPS) is 23.1. The van der Waals surface area contributed by atoms with Crippen LogP contribution in [0.1, 0.15) is 111 Å². The average molecular weight is 761 g/mol. The Morgan fingerprint density at radius 1 is 0.696 bits per heavy atom. The summed E-state index contributed by atoms with van der Waals surface area (Å²) in [5.74, 6) is -0.290. The zero-order chi connectivity index (χ0) is 38.3. The zero-order valence-corrected chi connectivity index (χ0v) is 32.1. The Hall–Kier alpha value is -6.16. The van der Waals surface area contributed by atoms with Crippen LogP contribution in [0.2, 0.25) is 0 Å². The van der Waals surface area contributed by atoms with Gasteiger partial charge in [0.1, 0.15) is 0 Å². The first-order chi connectivity index (χ1) is 27.4. The molecule has 0 radical (unpaired) electrons. The lowest BCUT2D eigenvalue weighted by Crippen LogP contribution is -2.28. The summed E-state index contributed by atoms with van der Waals surface area (Å²) in [7, 11) is 0. The number of allylic oxidation sites excluding steroid dienone is 11. The maximum Gasteiger partial charge on any atom is 0.270 e. The van der Waals surface area contributed by atoms with Crippen molar-refractivity contribution in [3.63, 3.8) is 0 Å². The van der Waals surface area contributed by atoms with Crippen LogP contribution in [0.25, 0.3) is 41.9 Å². The molecule has 0 unspecified atom stereocenters. The number of carbonyl (C=O) groups excluding carboxylic acids is 2. The number of nitrogens with zero attached hydrogens (tertiary/aromatic N) is 4. The minimum atomic E-state index is -0.270. The molecule has 4 aromatic rings. The lowest BCUT2D eigenvalue weighted by molar-refractivity contribution is 0.103. The highest BCUT2D eigenvalue weighted by atomic mass is 32.1. The van der Waals surface area contributed by atoms with Crippen molar-refractivity contribution in [3.05, 3.63) is 161 Å². The van der Waals surface area contributed by atoms with Gasteiger partial charge in [-0.05, 0) is 77.3 Å². The van der Waals surface area contributed by atoms with Crippen molar-refractivity contribution < 1.29 is 9.59 Å². The van der Waals surface area contributed by atoms with Gasteiger partial charge in [-0.15, -0.1) is 22.7 Å². The fourth-order valence-corrected chi connectivity index (χ4v) is 13.7. The minimum absolute atomic E-state index is 0.0506.